The Labute approximate surface area is 118 Å². The van der Waals surface area contributed by atoms with Gasteiger partial charge in [0, 0.05) is 0 Å². The summed E-state index contributed by atoms with van der Waals surface area (Å²) in [6, 6.07) is 0. The van der Waals surface area contributed by atoms with Gasteiger partial charge in [-0.05, 0) is 0 Å². The fraction of sp³-hybridized carbons (Fsp3) is 1.00. The minimum absolute atomic E-state index is 3.03. The van der Waals surface area contributed by atoms with Gasteiger partial charge in [-0.2, -0.15) is 0 Å². The van der Waals surface area contributed by atoms with Crippen molar-refractivity contribution in [1.29, 1.82) is 0 Å². The van der Waals surface area contributed by atoms with Crippen molar-refractivity contribution in [3.05, 3.63) is 0 Å². The first kappa shape index (κ1) is 19.0. The fourth-order valence-electron chi connectivity index (χ4n) is 2.01. The average Bonchev–Trinajstić information content (AvgIpc) is 2.39. The van der Waals surface area contributed by atoms with Crippen LogP contribution in [0.25, 0.3) is 0 Å². The van der Waals surface area contributed by atoms with Gasteiger partial charge in [0.2, 0.25) is 6.10 Å². The molecule has 0 aliphatic heterocycles. The maximum Gasteiger partial charge on any atom is 0.370 e. The molecule has 9 atom stereocenters. The molecule has 0 amide bonds. The highest BCUT2D eigenvalue weighted by molar-refractivity contribution is 7.44. The first-order chi connectivity index (χ1) is 9.30. The van der Waals surface area contributed by atoms with Crippen LogP contribution in [0.3, 0.4) is 0 Å². The second-order valence-corrected chi connectivity index (χ2v) is 7.92. The van der Waals surface area contributed by atoms with E-state index in [1.54, 1.807) is 0 Å². The molecule has 0 aromatic heterocycles. The second kappa shape index (κ2) is 5.54. The third-order valence-electron chi connectivity index (χ3n) is 3.32. The van der Waals surface area contributed by atoms with E-state index in [0.717, 1.165) is 0 Å². The molecule has 1 aliphatic rings. The maximum absolute atomic E-state index is 11.1. The summed E-state index contributed by atoms with van der Waals surface area (Å²) in [5.41, 5.74) is 0. The Balaban J connectivity index is 3.74. The topological polar surface area (TPSA) is 242 Å². The Bertz CT molecular complexity index is 511. The third-order valence-corrected chi connectivity index (χ3v) is 6.90. The van der Waals surface area contributed by atoms with E-state index >= 15 is 0 Å². The van der Waals surface area contributed by atoms with Crippen LogP contribution in [0.2, 0.25) is 0 Å². The minimum Gasteiger partial charge on any atom is -0.593 e. The predicted molar refractivity (Wildman–Crippen MR) is 55.7 cm³/mol. The van der Waals surface area contributed by atoms with Crippen LogP contribution in [0.5, 0.6) is 0 Å². The fourth-order valence-corrected chi connectivity index (χ4v) is 4.89. The van der Waals surface area contributed by atoms with E-state index in [4.69, 9.17) is 0 Å². The van der Waals surface area contributed by atoms with Crippen LogP contribution >= 0.6 is 24.1 Å². The summed E-state index contributed by atoms with van der Waals surface area (Å²) in [6.45, 7) is 0. The Hall–Kier alpha value is -0.0600. The molecule has 0 spiro atoms. The molecule has 0 aromatic rings. The highest BCUT2D eigenvalue weighted by Crippen LogP contribution is 2.61. The lowest BCUT2D eigenvalue weighted by molar-refractivity contribution is -0.306. The number of hydrogen-bond donors (Lipinski definition) is 6. The Kier molecular flexibility index (Phi) is 5.01. The molecular weight excluding hydrogens is 357 g/mol. The summed E-state index contributed by atoms with van der Waals surface area (Å²) in [6.07, 6.45) is -9.57. The normalized spacial score (nSPS) is 49.6. The molecule has 120 valence electrons. The van der Waals surface area contributed by atoms with Crippen LogP contribution < -0.4 is 14.7 Å². The Morgan fingerprint density at radius 3 is 1.38 bits per heavy atom. The Morgan fingerprint density at radius 1 is 0.714 bits per heavy atom. The zero-order valence-corrected chi connectivity index (χ0v) is 12.4. The minimum atomic E-state index is -4.52. The zero-order chi connectivity index (χ0) is 17.0. The molecule has 1 rings (SSSR count). The highest BCUT2D eigenvalue weighted by atomic mass is 31.1. The van der Waals surface area contributed by atoms with Crippen LogP contribution in [-0.2, 0) is 13.7 Å². The number of aliphatic hydroxyl groups excluding tert-OH is 3. The molecular formula is C6H9O12P3. The molecule has 0 aromatic carbocycles. The van der Waals surface area contributed by atoms with Gasteiger partial charge in [0.15, 0.2) is 12.2 Å². The van der Waals surface area contributed by atoms with Gasteiger partial charge in [-0.1, -0.05) is 13.7 Å². The molecule has 0 bridgehead atoms. The van der Waals surface area contributed by atoms with Gasteiger partial charge in [0.05, 0.1) is 0 Å². The van der Waals surface area contributed by atoms with Crippen molar-refractivity contribution in [2.45, 2.75) is 34.3 Å². The van der Waals surface area contributed by atoms with Gasteiger partial charge in [-0.3, -0.25) is 0 Å². The van der Waals surface area contributed by atoms with E-state index in [-0.39, 0.29) is 0 Å². The lowest BCUT2D eigenvalue weighted by Gasteiger charge is -2.46. The quantitative estimate of drug-likeness (QED) is 0.256. The standard InChI is InChI=1S/C6H9O12P3/c7-1-2(8)5(11,20(15)16)6(12,21(17)18)3(9)4(1,10)19(13)14/h1-3,7-12H/t1-,2-,3+,4-,5+,6+/m0/s1. The van der Waals surface area contributed by atoms with Crippen molar-refractivity contribution in [2.75, 3.05) is 0 Å². The van der Waals surface area contributed by atoms with E-state index in [1.165, 1.54) is 0 Å². The van der Waals surface area contributed by atoms with Gasteiger partial charge >= 0.3 is 40.1 Å². The summed E-state index contributed by atoms with van der Waals surface area (Å²) in [4.78, 5) is 33.0. The first-order valence-electron chi connectivity index (χ1n) is 4.95. The summed E-state index contributed by atoms with van der Waals surface area (Å²) >= 11 is 0. The summed E-state index contributed by atoms with van der Waals surface area (Å²) in [7, 11) is -13.2. The molecule has 0 saturated heterocycles. The molecule has 1 fully saturated rings. The van der Waals surface area contributed by atoms with Crippen LogP contribution in [0.1, 0.15) is 0 Å². The second-order valence-electron chi connectivity index (χ2n) is 4.30. The highest BCUT2D eigenvalue weighted by Gasteiger charge is 2.88. The maximum atomic E-state index is 11.1. The van der Waals surface area contributed by atoms with Crippen molar-refractivity contribution in [3.8, 4) is 0 Å². The lowest BCUT2D eigenvalue weighted by Crippen LogP contribution is -2.79. The number of aliphatic hydroxyl groups is 6. The van der Waals surface area contributed by atoms with Gasteiger partial charge < -0.3 is 45.3 Å². The summed E-state index contributed by atoms with van der Waals surface area (Å²) in [5.74, 6) is 0. The van der Waals surface area contributed by atoms with E-state index in [9.17, 15) is 59.0 Å². The van der Waals surface area contributed by atoms with E-state index < -0.39 is 58.4 Å². The van der Waals surface area contributed by atoms with Crippen molar-refractivity contribution in [2.24, 2.45) is 0 Å². The number of rotatable bonds is 3. The molecule has 0 heterocycles. The lowest BCUT2D eigenvalue weighted by atomic mass is 9.83. The average molecular weight is 366 g/mol. The van der Waals surface area contributed by atoms with Crippen molar-refractivity contribution < 1.29 is 59.0 Å². The predicted octanol–water partition coefficient (Wildman–Crippen LogP) is -5.54. The van der Waals surface area contributed by atoms with Gasteiger partial charge in [-0.15, -0.1) is 0 Å². The SMILES string of the molecule is O=[P+]([O-])[C@]1(O)[C@@H](O)[C@@](O)([P+](=O)[O-])[C@](O)([P+](=O)[O-])[C@@H](O)[C@@H]1O. The van der Waals surface area contributed by atoms with Crippen molar-refractivity contribution in [1.82, 2.24) is 0 Å². The van der Waals surface area contributed by atoms with Crippen LogP contribution in [0.15, 0.2) is 0 Å². The molecule has 12 nitrogen and oxygen atoms in total. The smallest absolute Gasteiger partial charge is 0.370 e. The van der Waals surface area contributed by atoms with E-state index in [2.05, 4.69) is 0 Å². The summed E-state index contributed by atoms with van der Waals surface area (Å²) in [5, 5.41) is 45.7. The van der Waals surface area contributed by atoms with Crippen molar-refractivity contribution >= 4 is 24.1 Å². The number of hydrogen-bond acceptors (Lipinski definition) is 12. The largest absolute Gasteiger partial charge is 0.593 e. The Morgan fingerprint density at radius 2 is 1.10 bits per heavy atom. The molecule has 0 radical (unpaired) electrons. The molecule has 6 N–H and O–H groups in total. The zero-order valence-electron chi connectivity index (χ0n) is 9.71. The monoisotopic (exact) mass is 366 g/mol. The van der Waals surface area contributed by atoms with Crippen LogP contribution in [0, 0.1) is 0 Å². The van der Waals surface area contributed by atoms with Crippen molar-refractivity contribution in [3.63, 3.8) is 0 Å². The molecule has 1 saturated carbocycles. The molecule has 1 aliphatic carbocycles. The van der Waals surface area contributed by atoms with E-state index in [0.29, 0.717) is 0 Å². The van der Waals surface area contributed by atoms with Crippen LogP contribution in [0.4, 0.5) is 0 Å². The van der Waals surface area contributed by atoms with Crippen LogP contribution in [-0.4, -0.2) is 65.0 Å². The van der Waals surface area contributed by atoms with Gasteiger partial charge in [0.1, 0.15) is 0 Å². The van der Waals surface area contributed by atoms with Gasteiger partial charge in [0.25, 0.3) is 0 Å². The van der Waals surface area contributed by atoms with Gasteiger partial charge in [-0.25, -0.2) is 0 Å². The van der Waals surface area contributed by atoms with E-state index in [1.807, 2.05) is 0 Å². The molecule has 21 heavy (non-hydrogen) atoms. The molecule has 15 heteroatoms. The molecule has 3 unspecified atom stereocenters. The third kappa shape index (κ3) is 2.13. The summed E-state index contributed by atoms with van der Waals surface area (Å²) < 4.78 is 33.0. The first-order valence-corrected chi connectivity index (χ1v) is 8.48.